The Balaban J connectivity index is 2.06. The van der Waals surface area contributed by atoms with Crippen LogP contribution in [-0.4, -0.2) is 50.2 Å². The summed E-state index contributed by atoms with van der Waals surface area (Å²) in [5.74, 6) is -0.183. The first-order valence-electron chi connectivity index (χ1n) is 7.35. The van der Waals surface area contributed by atoms with Crippen LogP contribution in [0.5, 0.6) is 0 Å². The average Bonchev–Trinajstić information content (AvgIpc) is 2.87. The summed E-state index contributed by atoms with van der Waals surface area (Å²) in [5.41, 5.74) is 5.05. The van der Waals surface area contributed by atoms with Gasteiger partial charge < -0.3 is 10.6 Å². The zero-order valence-electron chi connectivity index (χ0n) is 13.3. The minimum atomic E-state index is -4.52. The zero-order chi connectivity index (χ0) is 18.1. The summed E-state index contributed by atoms with van der Waals surface area (Å²) in [6.45, 7) is 2.26. The summed E-state index contributed by atoms with van der Waals surface area (Å²) in [5, 5.41) is 3.60. The fourth-order valence-corrected chi connectivity index (χ4v) is 4.05. The molecule has 0 aromatic carbocycles. The Morgan fingerprint density at radius 1 is 1.54 bits per heavy atom. The predicted molar refractivity (Wildman–Crippen MR) is 90.7 cm³/mol. The third kappa shape index (κ3) is 4.21. The van der Waals surface area contributed by atoms with Gasteiger partial charge in [-0.15, -0.1) is 0 Å². The van der Waals surface area contributed by atoms with Crippen molar-refractivity contribution in [2.24, 2.45) is 11.7 Å². The molecule has 1 aromatic heterocycles. The zero-order valence-corrected chi connectivity index (χ0v) is 15.0. The molecule has 5 nitrogen and oxygen atoms in total. The number of halogens is 3. The van der Waals surface area contributed by atoms with Crippen molar-refractivity contribution in [3.8, 4) is 0 Å². The van der Waals surface area contributed by atoms with E-state index < -0.39 is 11.9 Å². The monoisotopic (exact) mass is 380 g/mol. The molecule has 2 heterocycles. The molecule has 1 amide bonds. The van der Waals surface area contributed by atoms with Gasteiger partial charge in [0, 0.05) is 30.0 Å². The van der Waals surface area contributed by atoms with Gasteiger partial charge in [-0.1, -0.05) is 12.2 Å². The molecule has 1 aliphatic heterocycles. The van der Waals surface area contributed by atoms with Crippen molar-refractivity contribution in [3.63, 3.8) is 0 Å². The lowest BCUT2D eigenvalue weighted by atomic mass is 9.96. The van der Waals surface area contributed by atoms with Crippen LogP contribution in [0.1, 0.15) is 17.8 Å². The van der Waals surface area contributed by atoms with Crippen molar-refractivity contribution in [2.75, 3.05) is 19.3 Å². The number of nitrogens with zero attached hydrogens (tertiary/aromatic N) is 3. The van der Waals surface area contributed by atoms with Crippen LogP contribution in [0.3, 0.4) is 0 Å². The lowest BCUT2D eigenvalue weighted by molar-refractivity contribution is -0.142. The number of alkyl halides is 3. The van der Waals surface area contributed by atoms with Gasteiger partial charge in [-0.05, 0) is 25.7 Å². The molecule has 0 saturated carbocycles. The van der Waals surface area contributed by atoms with Crippen LogP contribution in [0.15, 0.2) is 6.07 Å². The molecule has 0 aliphatic carbocycles. The Morgan fingerprint density at radius 3 is 2.71 bits per heavy atom. The van der Waals surface area contributed by atoms with E-state index in [2.05, 4.69) is 5.10 Å². The summed E-state index contributed by atoms with van der Waals surface area (Å²) >= 11 is 6.65. The van der Waals surface area contributed by atoms with Gasteiger partial charge in [0.25, 0.3) is 0 Å². The first-order valence-corrected chi connectivity index (χ1v) is 9.04. The number of aryl methyl sites for hydroxylation is 1. The molecule has 24 heavy (non-hydrogen) atoms. The van der Waals surface area contributed by atoms with Gasteiger partial charge in [-0.2, -0.15) is 30.0 Å². The van der Waals surface area contributed by atoms with Crippen molar-refractivity contribution >= 4 is 34.9 Å². The number of hydrogen-bond acceptors (Lipinski definition) is 4. The molecule has 0 radical (unpaired) electrons. The molecule has 2 N–H and O–H groups in total. The van der Waals surface area contributed by atoms with E-state index in [0.29, 0.717) is 30.2 Å². The molecule has 1 aromatic rings. The van der Waals surface area contributed by atoms with Gasteiger partial charge in [-0.3, -0.25) is 9.48 Å². The van der Waals surface area contributed by atoms with Crippen LogP contribution < -0.4 is 5.73 Å². The maximum Gasteiger partial charge on any atom is 0.435 e. The number of carbonyl (C=O) groups is 1. The first-order chi connectivity index (χ1) is 11.1. The van der Waals surface area contributed by atoms with Crippen LogP contribution >= 0.6 is 24.0 Å². The van der Waals surface area contributed by atoms with Crippen LogP contribution in [-0.2, 0) is 17.5 Å². The Hall–Kier alpha value is -1.29. The number of aromatic nitrogens is 2. The van der Waals surface area contributed by atoms with Crippen LogP contribution in [0.4, 0.5) is 13.2 Å². The molecule has 2 rings (SSSR count). The number of hydrogen-bond donors (Lipinski definition) is 1. The molecule has 134 valence electrons. The number of piperidine rings is 1. The number of rotatable bonds is 4. The van der Waals surface area contributed by atoms with E-state index in [4.69, 9.17) is 18.0 Å². The molecular formula is C14H19F3N4OS2. The second-order valence-corrected chi connectivity index (χ2v) is 7.29. The summed E-state index contributed by atoms with van der Waals surface area (Å²) in [6.07, 6.45) is -1.92. The second kappa shape index (κ2) is 7.30. The second-order valence-electron chi connectivity index (χ2n) is 5.74. The fraction of sp³-hybridized carbons (Fsp3) is 0.643. The summed E-state index contributed by atoms with van der Waals surface area (Å²) in [7, 11) is 0. The summed E-state index contributed by atoms with van der Waals surface area (Å²) in [4.78, 5) is 14.5. The van der Waals surface area contributed by atoms with Gasteiger partial charge in [-0.25, -0.2) is 0 Å². The van der Waals surface area contributed by atoms with E-state index in [1.807, 2.05) is 6.26 Å². The Bertz CT molecular complexity index is 632. The van der Waals surface area contributed by atoms with Gasteiger partial charge in [0.2, 0.25) is 5.91 Å². The van der Waals surface area contributed by atoms with Gasteiger partial charge in [0.1, 0.15) is 6.54 Å². The van der Waals surface area contributed by atoms with E-state index in [1.165, 1.54) is 6.92 Å². The van der Waals surface area contributed by atoms with E-state index in [9.17, 15) is 18.0 Å². The molecule has 2 atom stereocenters. The topological polar surface area (TPSA) is 64.2 Å². The molecule has 10 heteroatoms. The number of carbonyl (C=O) groups excluding carboxylic acids is 1. The quantitative estimate of drug-likeness (QED) is 0.811. The number of likely N-dealkylation sites (tertiary alicyclic amines) is 1. The Kier molecular flexibility index (Phi) is 5.79. The number of amides is 1. The van der Waals surface area contributed by atoms with Gasteiger partial charge in [0.05, 0.1) is 4.99 Å². The minimum absolute atomic E-state index is 0.0716. The normalized spacial score (nSPS) is 21.8. The summed E-state index contributed by atoms with van der Waals surface area (Å²) < 4.78 is 39.2. The minimum Gasteiger partial charge on any atom is -0.393 e. The van der Waals surface area contributed by atoms with Crippen molar-refractivity contribution < 1.29 is 18.0 Å². The number of nitrogens with two attached hydrogens (primary N) is 1. The molecule has 0 spiro atoms. The van der Waals surface area contributed by atoms with E-state index in [1.54, 1.807) is 16.7 Å². The third-order valence-corrected chi connectivity index (χ3v) is 5.52. The molecule has 0 bridgehead atoms. The fourth-order valence-electron chi connectivity index (χ4n) is 2.74. The number of thioether (sulfide) groups is 1. The first kappa shape index (κ1) is 19.0. The highest BCUT2D eigenvalue weighted by atomic mass is 32.2. The van der Waals surface area contributed by atoms with E-state index in [-0.39, 0.29) is 23.6 Å². The molecule has 1 saturated heterocycles. The van der Waals surface area contributed by atoms with Crippen LogP contribution in [0.25, 0.3) is 0 Å². The smallest absolute Gasteiger partial charge is 0.393 e. The van der Waals surface area contributed by atoms with Crippen LogP contribution in [0.2, 0.25) is 0 Å². The molecule has 2 unspecified atom stereocenters. The highest BCUT2D eigenvalue weighted by molar-refractivity contribution is 7.99. The van der Waals surface area contributed by atoms with Crippen LogP contribution in [0, 0.1) is 12.8 Å². The lowest BCUT2D eigenvalue weighted by Gasteiger charge is -2.37. The highest BCUT2D eigenvalue weighted by Gasteiger charge is 2.35. The standard InChI is InChI=1S/C14H19F3N4OS2/c1-8-5-11(14(15,16)17)19-21(8)7-12(22)20-4-3-9(13(18)23)10(6-20)24-2/h5,9-10H,3-4,6-7H2,1-2H3,(H2,18,23). The SMILES string of the molecule is CSC1CN(C(=O)Cn2nc(C(F)(F)F)cc2C)CCC1C(N)=S. The molecule has 1 fully saturated rings. The van der Waals surface area contributed by atoms with Gasteiger partial charge in [0.15, 0.2) is 5.69 Å². The third-order valence-electron chi connectivity index (χ3n) is 4.14. The van der Waals surface area contributed by atoms with Crippen molar-refractivity contribution in [1.29, 1.82) is 0 Å². The average molecular weight is 380 g/mol. The maximum atomic E-state index is 12.7. The maximum absolute atomic E-state index is 12.7. The van der Waals surface area contributed by atoms with Crippen molar-refractivity contribution in [2.45, 2.75) is 31.3 Å². The highest BCUT2D eigenvalue weighted by Crippen LogP contribution is 2.29. The van der Waals surface area contributed by atoms with Crippen molar-refractivity contribution in [1.82, 2.24) is 14.7 Å². The van der Waals surface area contributed by atoms with Gasteiger partial charge >= 0.3 is 6.18 Å². The van der Waals surface area contributed by atoms with Crippen molar-refractivity contribution in [3.05, 3.63) is 17.5 Å². The Morgan fingerprint density at radius 2 is 2.21 bits per heavy atom. The van der Waals surface area contributed by atoms with E-state index in [0.717, 1.165) is 10.7 Å². The molecule has 1 aliphatic rings. The lowest BCUT2D eigenvalue weighted by Crippen LogP contribution is -2.49. The summed E-state index contributed by atoms with van der Waals surface area (Å²) in [6, 6.07) is 0.942. The predicted octanol–water partition coefficient (Wildman–Crippen LogP) is 2.08. The number of thiocarbonyl (C=S) groups is 1. The molecular weight excluding hydrogens is 361 g/mol. The largest absolute Gasteiger partial charge is 0.435 e. The van der Waals surface area contributed by atoms with E-state index >= 15 is 0 Å². The Labute approximate surface area is 147 Å².